The van der Waals surface area contributed by atoms with Gasteiger partial charge in [0.25, 0.3) is 0 Å². The monoisotopic (exact) mass is 338 g/mol. The number of ether oxygens (including phenoxy) is 1. The summed E-state index contributed by atoms with van der Waals surface area (Å²) >= 11 is 0. The second kappa shape index (κ2) is 8.42. The van der Waals surface area contributed by atoms with Crippen molar-refractivity contribution < 1.29 is 44.0 Å². The smallest absolute Gasteiger partial charge is 0.346 e. The van der Waals surface area contributed by atoms with Gasteiger partial charge in [-0.15, -0.1) is 0 Å². The van der Waals surface area contributed by atoms with Crippen LogP contribution in [-0.4, -0.2) is 45.2 Å². The fraction of sp³-hybridized carbons (Fsp3) is 0.267. The Labute approximate surface area is 135 Å². The Morgan fingerprint density at radius 3 is 2.00 bits per heavy atom. The number of carboxylic acid groups (broad SMARTS) is 3. The van der Waals surface area contributed by atoms with Gasteiger partial charge in [-0.2, -0.15) is 0 Å². The highest BCUT2D eigenvalue weighted by Crippen LogP contribution is 2.15. The number of aromatic carboxylic acids is 2. The first kappa shape index (κ1) is 18.8. The number of carbonyl (C=O) groups is 5. The Kier molecular flexibility index (Phi) is 6.60. The summed E-state index contributed by atoms with van der Waals surface area (Å²) in [6, 6.07) is 2.75. The molecule has 0 saturated heterocycles. The summed E-state index contributed by atoms with van der Waals surface area (Å²) in [7, 11) is 0. The minimum absolute atomic E-state index is 0.134. The van der Waals surface area contributed by atoms with Crippen LogP contribution in [0.2, 0.25) is 0 Å². The zero-order valence-electron chi connectivity index (χ0n) is 12.4. The molecule has 0 bridgehead atoms. The zero-order chi connectivity index (χ0) is 18.3. The van der Waals surface area contributed by atoms with Gasteiger partial charge >= 0.3 is 29.8 Å². The van der Waals surface area contributed by atoms with Crippen molar-refractivity contribution in [2.75, 3.05) is 0 Å². The van der Waals surface area contributed by atoms with E-state index in [2.05, 4.69) is 4.74 Å². The van der Waals surface area contributed by atoms with Gasteiger partial charge in [-0.25, -0.2) is 14.4 Å². The van der Waals surface area contributed by atoms with Crippen molar-refractivity contribution >= 4 is 29.8 Å². The molecule has 1 aromatic carbocycles. The largest absolute Gasteiger partial charge is 0.481 e. The molecule has 9 nitrogen and oxygen atoms in total. The van der Waals surface area contributed by atoms with Crippen LogP contribution in [0.4, 0.5) is 0 Å². The second-order valence-corrected chi connectivity index (χ2v) is 4.73. The Bertz CT molecular complexity index is 690. The highest BCUT2D eigenvalue weighted by Gasteiger charge is 2.22. The van der Waals surface area contributed by atoms with E-state index in [9.17, 15) is 24.0 Å². The fourth-order valence-electron chi connectivity index (χ4n) is 1.79. The van der Waals surface area contributed by atoms with Crippen molar-refractivity contribution in [3.63, 3.8) is 0 Å². The molecule has 0 unspecified atom stereocenters. The Hall–Kier alpha value is -3.23. The number of aliphatic carboxylic acids is 1. The van der Waals surface area contributed by atoms with Crippen LogP contribution in [0.1, 0.15) is 56.8 Å². The number of hydrogen-bond donors (Lipinski definition) is 3. The van der Waals surface area contributed by atoms with Crippen LogP contribution in [0.25, 0.3) is 0 Å². The van der Waals surface area contributed by atoms with Crippen molar-refractivity contribution in [1.82, 2.24) is 0 Å². The molecule has 0 fully saturated rings. The van der Waals surface area contributed by atoms with Gasteiger partial charge in [0.2, 0.25) is 0 Å². The van der Waals surface area contributed by atoms with E-state index in [0.29, 0.717) is 0 Å². The number of esters is 2. The minimum atomic E-state index is -1.48. The summed E-state index contributed by atoms with van der Waals surface area (Å²) < 4.78 is 4.49. The lowest BCUT2D eigenvalue weighted by Gasteiger charge is -2.07. The lowest BCUT2D eigenvalue weighted by Crippen LogP contribution is -2.17. The molecule has 24 heavy (non-hydrogen) atoms. The number of hydrogen-bond acceptors (Lipinski definition) is 6. The molecule has 0 saturated carbocycles. The van der Waals surface area contributed by atoms with Gasteiger partial charge in [0.1, 0.15) is 0 Å². The zero-order valence-corrected chi connectivity index (χ0v) is 12.4. The van der Waals surface area contributed by atoms with Crippen LogP contribution in [0.15, 0.2) is 18.2 Å². The van der Waals surface area contributed by atoms with Crippen LogP contribution in [0, 0.1) is 0 Å². The quantitative estimate of drug-likeness (QED) is 0.362. The molecule has 0 aromatic heterocycles. The van der Waals surface area contributed by atoms with E-state index in [1.165, 1.54) is 0 Å². The highest BCUT2D eigenvalue weighted by molar-refractivity contribution is 6.06. The third-order valence-corrected chi connectivity index (χ3v) is 2.94. The molecular formula is C15H14O9. The maximum absolute atomic E-state index is 11.9. The Balaban J connectivity index is 2.80. The molecule has 0 radical (unpaired) electrons. The normalized spacial score (nSPS) is 10.0. The third-order valence-electron chi connectivity index (χ3n) is 2.94. The molecule has 0 aliphatic heterocycles. The molecule has 0 aliphatic carbocycles. The molecule has 1 rings (SSSR count). The molecular weight excluding hydrogens is 324 g/mol. The van der Waals surface area contributed by atoms with Gasteiger partial charge in [0, 0.05) is 12.8 Å². The van der Waals surface area contributed by atoms with Gasteiger partial charge in [0.15, 0.2) is 0 Å². The molecule has 0 atom stereocenters. The van der Waals surface area contributed by atoms with Gasteiger partial charge in [0.05, 0.1) is 16.7 Å². The maximum atomic E-state index is 11.9. The SMILES string of the molecule is O=C(O)CCCCC(=O)OC(=O)c1cc(C(=O)O)ccc1C(=O)O. The number of benzene rings is 1. The van der Waals surface area contributed by atoms with Crippen molar-refractivity contribution in [3.05, 3.63) is 34.9 Å². The summed E-state index contributed by atoms with van der Waals surface area (Å²) in [6.45, 7) is 0. The van der Waals surface area contributed by atoms with E-state index in [1.807, 2.05) is 0 Å². The van der Waals surface area contributed by atoms with E-state index >= 15 is 0 Å². The fourth-order valence-corrected chi connectivity index (χ4v) is 1.79. The van der Waals surface area contributed by atoms with E-state index < -0.39 is 41.0 Å². The van der Waals surface area contributed by atoms with Gasteiger partial charge < -0.3 is 20.1 Å². The van der Waals surface area contributed by atoms with Gasteiger partial charge in [-0.1, -0.05) is 0 Å². The molecule has 1 aromatic rings. The lowest BCUT2D eigenvalue weighted by atomic mass is 10.0. The first-order valence-corrected chi connectivity index (χ1v) is 6.79. The predicted octanol–water partition coefficient (Wildman–Crippen LogP) is 1.41. The van der Waals surface area contributed by atoms with Crippen LogP contribution in [0.3, 0.4) is 0 Å². The van der Waals surface area contributed by atoms with Crippen molar-refractivity contribution in [1.29, 1.82) is 0 Å². The van der Waals surface area contributed by atoms with Crippen LogP contribution in [-0.2, 0) is 14.3 Å². The summed E-state index contributed by atoms with van der Waals surface area (Å²) in [6.07, 6.45) is 0.0396. The van der Waals surface area contributed by atoms with Crippen molar-refractivity contribution in [3.8, 4) is 0 Å². The van der Waals surface area contributed by atoms with E-state index in [1.54, 1.807) is 0 Å². The standard InChI is InChI=1S/C15H14O9/c16-11(17)3-1-2-4-12(18)24-15(23)10-7-8(13(19)20)5-6-9(10)14(21)22/h5-7H,1-4H2,(H,16,17)(H,19,20)(H,21,22). The van der Waals surface area contributed by atoms with E-state index in [0.717, 1.165) is 18.2 Å². The minimum Gasteiger partial charge on any atom is -0.481 e. The number of carbonyl (C=O) groups excluding carboxylic acids is 2. The van der Waals surface area contributed by atoms with Crippen molar-refractivity contribution in [2.24, 2.45) is 0 Å². The van der Waals surface area contributed by atoms with Crippen LogP contribution >= 0.6 is 0 Å². The Morgan fingerprint density at radius 2 is 1.46 bits per heavy atom. The highest BCUT2D eigenvalue weighted by atomic mass is 16.6. The summed E-state index contributed by atoms with van der Waals surface area (Å²) in [5.41, 5.74) is -1.38. The number of carboxylic acids is 3. The first-order chi connectivity index (χ1) is 11.2. The summed E-state index contributed by atoms with van der Waals surface area (Å²) in [5.74, 6) is -6.11. The van der Waals surface area contributed by atoms with Crippen LogP contribution < -0.4 is 0 Å². The molecule has 128 valence electrons. The average molecular weight is 338 g/mol. The second-order valence-electron chi connectivity index (χ2n) is 4.73. The Morgan fingerprint density at radius 1 is 0.833 bits per heavy atom. The first-order valence-electron chi connectivity index (χ1n) is 6.79. The van der Waals surface area contributed by atoms with Gasteiger partial charge in [-0.3, -0.25) is 9.59 Å². The molecule has 0 heterocycles. The third kappa shape index (κ3) is 5.52. The number of unbranched alkanes of at least 4 members (excludes halogenated alkanes) is 1. The topological polar surface area (TPSA) is 155 Å². The van der Waals surface area contributed by atoms with Gasteiger partial charge in [-0.05, 0) is 31.0 Å². The lowest BCUT2D eigenvalue weighted by molar-refractivity contribution is -0.139. The average Bonchev–Trinajstić information content (AvgIpc) is 2.50. The number of rotatable bonds is 8. The maximum Gasteiger partial charge on any atom is 0.346 e. The van der Waals surface area contributed by atoms with Crippen LogP contribution in [0.5, 0.6) is 0 Å². The van der Waals surface area contributed by atoms with E-state index in [-0.39, 0.29) is 31.2 Å². The van der Waals surface area contributed by atoms with E-state index in [4.69, 9.17) is 15.3 Å². The molecule has 0 aliphatic rings. The molecule has 0 amide bonds. The summed E-state index contributed by atoms with van der Waals surface area (Å²) in [4.78, 5) is 55.7. The predicted molar refractivity (Wildman–Crippen MR) is 76.9 cm³/mol. The molecule has 9 heteroatoms. The summed E-state index contributed by atoms with van der Waals surface area (Å²) in [5, 5.41) is 26.3. The molecule has 3 N–H and O–H groups in total. The molecule has 0 spiro atoms. The van der Waals surface area contributed by atoms with Crippen molar-refractivity contribution in [2.45, 2.75) is 25.7 Å².